The number of thiol groups is 1. The van der Waals surface area contributed by atoms with Crippen LogP contribution >= 0.6 is 12.8 Å². The molecule has 0 N–H and O–H groups in total. The highest BCUT2D eigenvalue weighted by Gasteiger charge is 2.29. The van der Waals surface area contributed by atoms with Crippen LogP contribution in [0.2, 0.25) is 0 Å². The van der Waals surface area contributed by atoms with Crippen molar-refractivity contribution in [2.24, 2.45) is 0 Å². The van der Waals surface area contributed by atoms with Gasteiger partial charge in [0.1, 0.15) is 0 Å². The Morgan fingerprint density at radius 3 is 2.22 bits per heavy atom. The summed E-state index contributed by atoms with van der Waals surface area (Å²) in [6.07, 6.45) is 0.113. The predicted molar refractivity (Wildman–Crippen MR) is 34.6 cm³/mol. The Hall–Kier alpha value is -0.770. The molecule has 48 valence electrons. The normalized spacial score (nSPS) is 19.7. The largest absolute Gasteiger partial charge is 0.273 e. The molecular weight excluding hydrogens is 138 g/mol. The fourth-order valence-electron chi connectivity index (χ4n) is 0.596. The third-order valence-corrected chi connectivity index (χ3v) is 1.50. The molecule has 0 atom stereocenters. The van der Waals surface area contributed by atoms with E-state index in [0.717, 1.165) is 4.31 Å². The van der Waals surface area contributed by atoms with Gasteiger partial charge in [-0.2, -0.15) is 0 Å². The summed E-state index contributed by atoms with van der Waals surface area (Å²) >= 11 is 3.61. The summed E-state index contributed by atoms with van der Waals surface area (Å²) in [5.41, 5.74) is 0.315. The molecule has 0 aromatic rings. The van der Waals surface area contributed by atoms with Gasteiger partial charge in [0.05, 0.1) is 6.42 Å². The Balaban J connectivity index is 2.90. The van der Waals surface area contributed by atoms with Gasteiger partial charge < -0.3 is 0 Å². The Morgan fingerprint density at radius 2 is 2.11 bits per heavy atom. The molecule has 9 heavy (non-hydrogen) atoms. The van der Waals surface area contributed by atoms with Crippen molar-refractivity contribution in [3.05, 3.63) is 12.2 Å². The fourth-order valence-corrected chi connectivity index (χ4v) is 0.808. The van der Waals surface area contributed by atoms with Gasteiger partial charge in [0.25, 0.3) is 5.91 Å². The Kier molecular flexibility index (Phi) is 1.32. The molecule has 0 bridgehead atoms. The van der Waals surface area contributed by atoms with E-state index in [1.165, 1.54) is 0 Å². The molecule has 1 fully saturated rings. The van der Waals surface area contributed by atoms with Crippen molar-refractivity contribution in [1.29, 1.82) is 0 Å². The first-order valence-electron chi connectivity index (χ1n) is 2.37. The molecule has 1 heterocycles. The highest BCUT2D eigenvalue weighted by atomic mass is 32.1. The second kappa shape index (κ2) is 1.88. The third kappa shape index (κ3) is 0.853. The van der Waals surface area contributed by atoms with Crippen molar-refractivity contribution in [2.75, 3.05) is 0 Å². The highest BCUT2D eigenvalue weighted by molar-refractivity contribution is 7.79. The molecule has 0 spiro atoms. The minimum Gasteiger partial charge on any atom is -0.273 e. The molecular formula is C5H5NO2S. The number of carbonyl (C=O) groups excluding carboxylic acids is 2. The maximum absolute atomic E-state index is 10.6. The molecule has 1 aliphatic heterocycles. The molecule has 1 aliphatic rings. The zero-order valence-electron chi connectivity index (χ0n) is 4.63. The van der Waals surface area contributed by atoms with Crippen LogP contribution in [0.1, 0.15) is 6.42 Å². The SMILES string of the molecule is C=C1CC(=O)N(S)C1=O. The number of amides is 2. The van der Waals surface area contributed by atoms with E-state index in [2.05, 4.69) is 19.4 Å². The van der Waals surface area contributed by atoms with Gasteiger partial charge in [-0.3, -0.25) is 9.59 Å². The topological polar surface area (TPSA) is 37.4 Å². The predicted octanol–water partition coefficient (Wildman–Crippen LogP) is 0.146. The third-order valence-electron chi connectivity index (χ3n) is 1.10. The average molecular weight is 143 g/mol. The van der Waals surface area contributed by atoms with E-state index >= 15 is 0 Å². The van der Waals surface area contributed by atoms with Crippen LogP contribution in [0, 0.1) is 0 Å². The lowest BCUT2D eigenvalue weighted by Crippen LogP contribution is -2.17. The quantitative estimate of drug-likeness (QED) is 0.297. The molecule has 0 unspecified atom stereocenters. The van der Waals surface area contributed by atoms with E-state index < -0.39 is 0 Å². The van der Waals surface area contributed by atoms with Crippen LogP contribution in [0.3, 0.4) is 0 Å². The maximum Gasteiger partial charge on any atom is 0.266 e. The number of imide groups is 1. The van der Waals surface area contributed by atoms with Crippen LogP contribution < -0.4 is 0 Å². The fraction of sp³-hybridized carbons (Fsp3) is 0.200. The summed E-state index contributed by atoms with van der Waals surface area (Å²) in [5.74, 6) is -0.684. The average Bonchev–Trinajstić information content (AvgIpc) is 1.98. The van der Waals surface area contributed by atoms with Gasteiger partial charge in [0.15, 0.2) is 0 Å². The molecule has 0 saturated carbocycles. The smallest absolute Gasteiger partial charge is 0.266 e. The number of rotatable bonds is 0. The van der Waals surface area contributed by atoms with E-state index in [-0.39, 0.29) is 18.2 Å². The van der Waals surface area contributed by atoms with Crippen LogP contribution in [-0.2, 0) is 9.59 Å². The van der Waals surface area contributed by atoms with Crippen molar-refractivity contribution in [3.8, 4) is 0 Å². The first kappa shape index (κ1) is 6.35. The first-order valence-corrected chi connectivity index (χ1v) is 2.77. The van der Waals surface area contributed by atoms with Crippen LogP contribution in [0.5, 0.6) is 0 Å². The molecule has 1 saturated heterocycles. The molecule has 0 aliphatic carbocycles. The van der Waals surface area contributed by atoms with E-state index in [1.54, 1.807) is 0 Å². The molecule has 2 amide bonds. The Morgan fingerprint density at radius 1 is 1.56 bits per heavy atom. The van der Waals surface area contributed by atoms with E-state index in [0.29, 0.717) is 5.57 Å². The minimum atomic E-state index is -0.386. The molecule has 1 rings (SSSR count). The Labute approximate surface area is 57.9 Å². The van der Waals surface area contributed by atoms with Gasteiger partial charge in [-0.25, -0.2) is 4.31 Å². The van der Waals surface area contributed by atoms with Gasteiger partial charge in [-0.1, -0.05) is 19.4 Å². The standard InChI is InChI=1S/C5H5NO2S/c1-3-2-4(7)6(9)5(3)8/h9H,1-2H2. The van der Waals surface area contributed by atoms with Crippen LogP contribution in [0.25, 0.3) is 0 Å². The summed E-state index contributed by atoms with van der Waals surface area (Å²) in [5, 5.41) is 0. The summed E-state index contributed by atoms with van der Waals surface area (Å²) < 4.78 is 0.780. The van der Waals surface area contributed by atoms with Crippen LogP contribution in [-0.4, -0.2) is 16.1 Å². The van der Waals surface area contributed by atoms with Crippen molar-refractivity contribution in [3.63, 3.8) is 0 Å². The van der Waals surface area contributed by atoms with Crippen molar-refractivity contribution in [1.82, 2.24) is 4.31 Å². The lowest BCUT2D eigenvalue weighted by molar-refractivity contribution is -0.131. The molecule has 0 aromatic heterocycles. The van der Waals surface area contributed by atoms with Crippen LogP contribution in [0.4, 0.5) is 0 Å². The first-order chi connectivity index (χ1) is 4.13. The van der Waals surface area contributed by atoms with Gasteiger partial charge in [0.2, 0.25) is 5.91 Å². The van der Waals surface area contributed by atoms with Crippen molar-refractivity contribution in [2.45, 2.75) is 6.42 Å². The van der Waals surface area contributed by atoms with Gasteiger partial charge in [-0.15, -0.1) is 0 Å². The zero-order chi connectivity index (χ0) is 7.02. The number of nitrogens with zero attached hydrogens (tertiary/aromatic N) is 1. The summed E-state index contributed by atoms with van der Waals surface area (Å²) in [6, 6.07) is 0. The van der Waals surface area contributed by atoms with Crippen molar-refractivity contribution < 1.29 is 9.59 Å². The monoisotopic (exact) mass is 143 g/mol. The summed E-state index contributed by atoms with van der Waals surface area (Å²) in [4.78, 5) is 21.2. The van der Waals surface area contributed by atoms with Crippen LogP contribution in [0.15, 0.2) is 12.2 Å². The second-order valence-corrected chi connectivity index (χ2v) is 2.19. The van der Waals surface area contributed by atoms with Gasteiger partial charge in [0, 0.05) is 5.57 Å². The van der Waals surface area contributed by atoms with Crippen molar-refractivity contribution >= 4 is 24.6 Å². The summed E-state index contributed by atoms with van der Waals surface area (Å²) in [6.45, 7) is 3.38. The number of carbonyl (C=O) groups is 2. The van der Waals surface area contributed by atoms with Gasteiger partial charge >= 0.3 is 0 Å². The van der Waals surface area contributed by atoms with Gasteiger partial charge in [-0.05, 0) is 0 Å². The lowest BCUT2D eigenvalue weighted by atomic mass is 10.3. The maximum atomic E-state index is 10.6. The lowest BCUT2D eigenvalue weighted by Gasteiger charge is -1.99. The minimum absolute atomic E-state index is 0.113. The number of hydrogen-bond donors (Lipinski definition) is 1. The molecule has 0 radical (unpaired) electrons. The number of hydrogen-bond acceptors (Lipinski definition) is 3. The molecule has 3 nitrogen and oxygen atoms in total. The summed E-state index contributed by atoms with van der Waals surface area (Å²) in [7, 11) is 0. The van der Waals surface area contributed by atoms with E-state index in [9.17, 15) is 9.59 Å². The second-order valence-electron chi connectivity index (χ2n) is 1.79. The molecule has 0 aromatic carbocycles. The zero-order valence-corrected chi connectivity index (χ0v) is 5.52. The van der Waals surface area contributed by atoms with E-state index in [4.69, 9.17) is 0 Å². The molecule has 4 heteroatoms. The highest BCUT2D eigenvalue weighted by Crippen LogP contribution is 2.17. The Bertz CT molecular complexity index is 199. The van der Waals surface area contributed by atoms with E-state index in [1.807, 2.05) is 0 Å².